The monoisotopic (exact) mass is 211 g/mol. The molecule has 1 radical (unpaired) electrons. The number of hydrazine groups is 1. The molecule has 1 aromatic heterocycles. The fourth-order valence-corrected chi connectivity index (χ4v) is 1.65. The van der Waals surface area contributed by atoms with Gasteiger partial charge < -0.3 is 0 Å². The highest BCUT2D eigenvalue weighted by molar-refractivity contribution is 7.12. The second kappa shape index (κ2) is 5.51. The Kier molecular flexibility index (Phi) is 4.28. The normalized spacial score (nSPS) is 9.79. The lowest BCUT2D eigenvalue weighted by molar-refractivity contribution is -0.118. The molecule has 0 aliphatic carbocycles. The van der Waals surface area contributed by atoms with Crippen molar-refractivity contribution in [2.24, 2.45) is 5.84 Å². The van der Waals surface area contributed by atoms with Gasteiger partial charge in [0.1, 0.15) is 0 Å². The Morgan fingerprint density at radius 2 is 2.36 bits per heavy atom. The van der Waals surface area contributed by atoms with Crippen LogP contribution >= 0.6 is 11.3 Å². The van der Waals surface area contributed by atoms with Crippen LogP contribution in [0.15, 0.2) is 17.5 Å². The highest BCUT2D eigenvalue weighted by Crippen LogP contribution is 2.12. The molecule has 3 N–H and O–H groups in total. The summed E-state index contributed by atoms with van der Waals surface area (Å²) in [7, 11) is 0. The molecule has 0 spiro atoms. The van der Waals surface area contributed by atoms with E-state index in [0.29, 0.717) is 12.8 Å². The standard InChI is InChI=1S/C9H11N2O2S/c10-11-9(13)5-1-3-7(12)8-4-2-6-14-8/h2,4-6H,1,3,10H2,(H,11,13). The van der Waals surface area contributed by atoms with Crippen molar-refractivity contribution in [3.63, 3.8) is 0 Å². The van der Waals surface area contributed by atoms with Crippen molar-refractivity contribution in [2.45, 2.75) is 12.8 Å². The lowest BCUT2D eigenvalue weighted by Gasteiger charge is -1.97. The van der Waals surface area contributed by atoms with Crippen molar-refractivity contribution >= 4 is 23.0 Å². The number of amides is 1. The molecule has 1 aromatic rings. The van der Waals surface area contributed by atoms with Crippen LogP contribution in [0.2, 0.25) is 0 Å². The summed E-state index contributed by atoms with van der Waals surface area (Å²) in [4.78, 5) is 22.8. The van der Waals surface area contributed by atoms with Gasteiger partial charge in [0.25, 0.3) is 0 Å². The molecule has 0 aliphatic rings. The number of nitrogens with one attached hydrogen (secondary N) is 1. The van der Waals surface area contributed by atoms with Crippen molar-refractivity contribution in [3.8, 4) is 0 Å². The quantitative estimate of drug-likeness (QED) is 0.329. The summed E-state index contributed by atoms with van der Waals surface area (Å²) >= 11 is 1.41. The van der Waals surface area contributed by atoms with Crippen LogP contribution in [0.4, 0.5) is 0 Å². The maximum absolute atomic E-state index is 11.4. The first-order valence-corrected chi connectivity index (χ1v) is 5.02. The molecule has 0 aromatic carbocycles. The van der Waals surface area contributed by atoms with Gasteiger partial charge in [-0.1, -0.05) is 6.07 Å². The summed E-state index contributed by atoms with van der Waals surface area (Å²) in [6, 6.07) is 3.60. The molecule has 1 heterocycles. The molecule has 1 rings (SSSR count). The Morgan fingerprint density at radius 3 is 2.93 bits per heavy atom. The van der Waals surface area contributed by atoms with Gasteiger partial charge in [-0.15, -0.1) is 11.3 Å². The molecule has 4 nitrogen and oxygen atoms in total. The van der Waals surface area contributed by atoms with Crippen LogP contribution in [0.3, 0.4) is 0 Å². The lowest BCUT2D eigenvalue weighted by Crippen LogP contribution is -2.30. The Hall–Kier alpha value is -1.20. The van der Waals surface area contributed by atoms with Gasteiger partial charge in [0.05, 0.1) is 11.3 Å². The van der Waals surface area contributed by atoms with E-state index >= 15 is 0 Å². The molecule has 0 atom stereocenters. The van der Waals surface area contributed by atoms with E-state index in [9.17, 15) is 9.59 Å². The van der Waals surface area contributed by atoms with Crippen molar-refractivity contribution in [1.82, 2.24) is 5.43 Å². The fraction of sp³-hybridized carbons (Fsp3) is 0.222. The maximum atomic E-state index is 11.4. The van der Waals surface area contributed by atoms with E-state index in [4.69, 9.17) is 5.84 Å². The van der Waals surface area contributed by atoms with Gasteiger partial charge >= 0.3 is 0 Å². The number of carbonyl (C=O) groups is 2. The summed E-state index contributed by atoms with van der Waals surface area (Å²) in [5.74, 6) is 4.57. The van der Waals surface area contributed by atoms with E-state index < -0.39 is 0 Å². The number of ketones is 1. The number of thiophene rings is 1. The van der Waals surface area contributed by atoms with E-state index in [1.54, 1.807) is 6.07 Å². The zero-order valence-electron chi connectivity index (χ0n) is 7.53. The Bertz CT molecular complexity index is 309. The fourth-order valence-electron chi connectivity index (χ4n) is 0.954. The highest BCUT2D eigenvalue weighted by Gasteiger charge is 2.07. The zero-order valence-corrected chi connectivity index (χ0v) is 8.34. The molecule has 0 aliphatic heterocycles. The van der Waals surface area contributed by atoms with Crippen molar-refractivity contribution in [1.29, 1.82) is 0 Å². The van der Waals surface area contributed by atoms with E-state index in [-0.39, 0.29) is 11.7 Å². The van der Waals surface area contributed by atoms with Crippen LogP contribution in [0.5, 0.6) is 0 Å². The van der Waals surface area contributed by atoms with Crippen LogP contribution in [-0.2, 0) is 4.79 Å². The summed E-state index contributed by atoms with van der Waals surface area (Å²) < 4.78 is 0. The van der Waals surface area contributed by atoms with Crippen LogP contribution in [0.1, 0.15) is 22.5 Å². The predicted molar refractivity (Wildman–Crippen MR) is 54.5 cm³/mol. The van der Waals surface area contributed by atoms with Gasteiger partial charge in [-0.05, 0) is 17.9 Å². The molecule has 14 heavy (non-hydrogen) atoms. The summed E-state index contributed by atoms with van der Waals surface area (Å²) in [6.07, 6.45) is 2.12. The minimum absolute atomic E-state index is 0.0565. The summed E-state index contributed by atoms with van der Waals surface area (Å²) in [5.41, 5.74) is 1.97. The van der Waals surface area contributed by atoms with Gasteiger partial charge in [-0.25, -0.2) is 5.84 Å². The minimum atomic E-state index is -0.357. The molecule has 75 valence electrons. The topological polar surface area (TPSA) is 72.2 Å². The largest absolute Gasteiger partial charge is 0.294 e. The predicted octanol–water partition coefficient (Wildman–Crippen LogP) is 0.905. The molecule has 5 heteroatoms. The third kappa shape index (κ3) is 3.27. The first kappa shape index (κ1) is 10.9. The van der Waals surface area contributed by atoms with Gasteiger partial charge in [0.2, 0.25) is 5.91 Å². The molecule has 0 saturated carbocycles. The number of rotatable bonds is 5. The van der Waals surface area contributed by atoms with Crippen LogP contribution in [-0.4, -0.2) is 11.7 Å². The third-order valence-electron chi connectivity index (χ3n) is 1.64. The molecular formula is C9H11N2O2S. The third-order valence-corrected chi connectivity index (χ3v) is 2.55. The second-order valence-corrected chi connectivity index (χ2v) is 3.60. The average Bonchev–Trinajstić information content (AvgIpc) is 2.70. The van der Waals surface area contributed by atoms with E-state index in [1.165, 1.54) is 17.8 Å². The highest BCUT2D eigenvalue weighted by atomic mass is 32.1. The summed E-state index contributed by atoms with van der Waals surface area (Å²) in [5, 5.41) is 1.85. The van der Waals surface area contributed by atoms with Gasteiger partial charge in [0, 0.05) is 6.42 Å². The average molecular weight is 211 g/mol. The number of Topliss-reactive ketones (excluding diaryl/α,β-unsaturated/α-hetero) is 1. The molecule has 0 saturated heterocycles. The molecule has 0 bridgehead atoms. The van der Waals surface area contributed by atoms with E-state index in [0.717, 1.165) is 4.88 Å². The van der Waals surface area contributed by atoms with Crippen molar-refractivity contribution < 1.29 is 9.59 Å². The lowest BCUT2D eigenvalue weighted by atomic mass is 10.1. The van der Waals surface area contributed by atoms with Crippen LogP contribution < -0.4 is 11.3 Å². The first-order chi connectivity index (χ1) is 6.74. The van der Waals surface area contributed by atoms with Crippen molar-refractivity contribution in [3.05, 3.63) is 28.8 Å². The number of hydrogen-bond acceptors (Lipinski definition) is 4. The van der Waals surface area contributed by atoms with Gasteiger partial charge in [-0.2, -0.15) is 0 Å². The molecular weight excluding hydrogens is 200 g/mol. The first-order valence-electron chi connectivity index (χ1n) is 4.14. The van der Waals surface area contributed by atoms with E-state index in [1.807, 2.05) is 16.9 Å². The van der Waals surface area contributed by atoms with Crippen LogP contribution in [0, 0.1) is 6.42 Å². The maximum Gasteiger partial charge on any atom is 0.237 e. The van der Waals surface area contributed by atoms with Gasteiger partial charge in [0.15, 0.2) is 5.78 Å². The Morgan fingerprint density at radius 1 is 1.57 bits per heavy atom. The molecule has 0 unspecified atom stereocenters. The minimum Gasteiger partial charge on any atom is -0.294 e. The second-order valence-electron chi connectivity index (χ2n) is 2.65. The number of nitrogens with two attached hydrogens (primary N) is 1. The number of hydrogen-bond donors (Lipinski definition) is 2. The van der Waals surface area contributed by atoms with Gasteiger partial charge in [-0.3, -0.25) is 15.0 Å². The zero-order chi connectivity index (χ0) is 10.4. The smallest absolute Gasteiger partial charge is 0.237 e. The molecule has 0 fully saturated rings. The summed E-state index contributed by atoms with van der Waals surface area (Å²) in [6.45, 7) is 0. The van der Waals surface area contributed by atoms with Crippen molar-refractivity contribution in [2.75, 3.05) is 0 Å². The number of carbonyl (C=O) groups excluding carboxylic acids is 2. The SMILES string of the molecule is NNC(=O)[CH]CCC(=O)c1cccs1. The Balaban J connectivity index is 2.26. The van der Waals surface area contributed by atoms with E-state index in [2.05, 4.69) is 0 Å². The molecule has 1 amide bonds. The van der Waals surface area contributed by atoms with Crippen LogP contribution in [0.25, 0.3) is 0 Å². The Labute approximate surface area is 86.1 Å².